The highest BCUT2D eigenvalue weighted by atomic mass is 16.6. The maximum absolute atomic E-state index is 12.9. The largest absolute Gasteiger partial charge is 0.462 e. The molecule has 1 atom stereocenters. The van der Waals surface area contributed by atoms with Crippen LogP contribution in [-0.4, -0.2) is 37.2 Å². The second-order valence-electron chi connectivity index (χ2n) is 20.9. The van der Waals surface area contributed by atoms with Gasteiger partial charge in [0.15, 0.2) is 6.10 Å². The minimum absolute atomic E-state index is 0.0793. The van der Waals surface area contributed by atoms with E-state index < -0.39 is 6.10 Å². The highest BCUT2D eigenvalue weighted by Gasteiger charge is 2.19. The van der Waals surface area contributed by atoms with Gasteiger partial charge in [-0.05, 0) is 103 Å². The van der Waals surface area contributed by atoms with Gasteiger partial charge in [0.1, 0.15) is 13.2 Å². The van der Waals surface area contributed by atoms with Crippen LogP contribution in [0.3, 0.4) is 0 Å². The van der Waals surface area contributed by atoms with Crippen LogP contribution in [0.25, 0.3) is 0 Å². The summed E-state index contributed by atoms with van der Waals surface area (Å²) in [6.45, 7) is 6.52. The average molecular weight is 1040 g/mol. The maximum atomic E-state index is 12.9. The number of carbonyl (C=O) groups excluding carboxylic acids is 3. The number of ether oxygens (including phenoxy) is 3. The lowest BCUT2D eigenvalue weighted by Gasteiger charge is -2.18. The van der Waals surface area contributed by atoms with Gasteiger partial charge >= 0.3 is 17.9 Å². The normalized spacial score (nSPS) is 12.7. The van der Waals surface area contributed by atoms with Crippen LogP contribution in [0.5, 0.6) is 0 Å². The van der Waals surface area contributed by atoms with Crippen LogP contribution in [-0.2, 0) is 28.6 Å². The third kappa shape index (κ3) is 61.1. The number of hydrogen-bond donors (Lipinski definition) is 0. The van der Waals surface area contributed by atoms with Crippen LogP contribution < -0.4 is 0 Å². The van der Waals surface area contributed by atoms with E-state index in [4.69, 9.17) is 14.2 Å². The number of rotatable bonds is 57. The Bertz CT molecular complexity index is 1480. The summed E-state index contributed by atoms with van der Waals surface area (Å²) >= 11 is 0. The number of allylic oxidation sites excluding steroid dienone is 16. The van der Waals surface area contributed by atoms with Crippen molar-refractivity contribution in [3.63, 3.8) is 0 Å². The van der Waals surface area contributed by atoms with Crippen LogP contribution in [0, 0.1) is 0 Å². The Labute approximate surface area is 464 Å². The van der Waals surface area contributed by atoms with Gasteiger partial charge in [-0.3, -0.25) is 14.4 Å². The molecule has 0 saturated carbocycles. The van der Waals surface area contributed by atoms with Crippen molar-refractivity contribution in [1.29, 1.82) is 0 Å². The van der Waals surface area contributed by atoms with E-state index in [-0.39, 0.29) is 31.1 Å². The van der Waals surface area contributed by atoms with Crippen LogP contribution in [0.1, 0.15) is 303 Å². The van der Waals surface area contributed by atoms with Crippen LogP contribution in [0.15, 0.2) is 97.2 Å². The summed E-state index contributed by atoms with van der Waals surface area (Å²) in [5.41, 5.74) is 0. The number of unbranched alkanes of at least 4 members (excludes halogenated alkanes) is 30. The predicted octanol–water partition coefficient (Wildman–Crippen LogP) is 21.7. The van der Waals surface area contributed by atoms with Crippen LogP contribution >= 0.6 is 0 Å². The van der Waals surface area contributed by atoms with E-state index in [1.54, 1.807) is 0 Å². The third-order valence-electron chi connectivity index (χ3n) is 13.6. The molecule has 0 amide bonds. The minimum Gasteiger partial charge on any atom is -0.462 e. The van der Waals surface area contributed by atoms with Crippen LogP contribution in [0.4, 0.5) is 0 Å². The van der Waals surface area contributed by atoms with Crippen molar-refractivity contribution < 1.29 is 28.6 Å². The fourth-order valence-electron chi connectivity index (χ4n) is 8.83. The minimum atomic E-state index is -0.782. The molecule has 0 aliphatic carbocycles. The molecule has 0 bridgehead atoms. The predicted molar refractivity (Wildman–Crippen MR) is 325 cm³/mol. The van der Waals surface area contributed by atoms with Gasteiger partial charge in [-0.25, -0.2) is 0 Å². The lowest BCUT2D eigenvalue weighted by atomic mass is 10.1. The SMILES string of the molecule is CC/C=C\C/C=C\C/C=C\C/C=C\C/C=C\C/C=C\C/C=C\CCCCCCCCCCCC(=O)OCC(COC(=O)CCCCCCCCCCCCC)OC(=O)CCCCCCC/C=C\CCCCCCCC. The average Bonchev–Trinajstić information content (AvgIpc) is 3.41. The second kappa shape index (κ2) is 62.9. The first kappa shape index (κ1) is 71.3. The number of esters is 3. The Balaban J connectivity index is 4.23. The maximum Gasteiger partial charge on any atom is 0.306 e. The summed E-state index contributed by atoms with van der Waals surface area (Å²) in [6.07, 6.45) is 84.1. The monoisotopic (exact) mass is 1040 g/mol. The van der Waals surface area contributed by atoms with Crippen molar-refractivity contribution in [3.05, 3.63) is 97.2 Å². The molecule has 1 unspecified atom stereocenters. The molecule has 0 N–H and O–H groups in total. The van der Waals surface area contributed by atoms with E-state index in [1.165, 1.54) is 141 Å². The van der Waals surface area contributed by atoms with Crippen molar-refractivity contribution in [3.8, 4) is 0 Å². The summed E-state index contributed by atoms with van der Waals surface area (Å²) in [7, 11) is 0. The molecule has 75 heavy (non-hydrogen) atoms. The molecule has 6 heteroatoms. The van der Waals surface area contributed by atoms with Gasteiger partial charge in [0, 0.05) is 19.3 Å². The zero-order chi connectivity index (χ0) is 54.3. The molecular weight excluding hydrogens is 925 g/mol. The number of hydrogen-bond acceptors (Lipinski definition) is 6. The summed E-state index contributed by atoms with van der Waals surface area (Å²) in [4.78, 5) is 38.2. The highest BCUT2D eigenvalue weighted by Crippen LogP contribution is 2.16. The highest BCUT2D eigenvalue weighted by molar-refractivity contribution is 5.71. The van der Waals surface area contributed by atoms with E-state index >= 15 is 0 Å². The van der Waals surface area contributed by atoms with Crippen molar-refractivity contribution >= 4 is 17.9 Å². The summed E-state index contributed by atoms with van der Waals surface area (Å²) < 4.78 is 16.9. The van der Waals surface area contributed by atoms with Gasteiger partial charge < -0.3 is 14.2 Å². The topological polar surface area (TPSA) is 78.9 Å². The fourth-order valence-corrected chi connectivity index (χ4v) is 8.83. The lowest BCUT2D eigenvalue weighted by molar-refractivity contribution is -0.167. The standard InChI is InChI=1S/C69H118O6/c1-4-7-10-13-16-19-22-24-26-27-28-29-30-31-32-33-34-35-36-37-38-39-40-41-43-44-47-50-53-56-59-62-68(71)74-65-66(64-73-67(70)61-58-55-52-49-46-21-18-15-12-9-6-3)75-69(72)63-60-57-54-51-48-45-42-25-23-20-17-14-11-8-5-2/h7,10,16,19,24-26,28-29,31-32,34-35,37-38,42,66H,4-6,8-9,11-15,17-18,20-23,27,30,33,36,39-41,43-65H2,1-3H3/b10-7-,19-16-,26-24-,29-28-,32-31-,35-34-,38-37-,42-25-. The molecule has 0 aromatic carbocycles. The first-order valence-electron chi connectivity index (χ1n) is 31.7. The number of carbonyl (C=O) groups is 3. The van der Waals surface area contributed by atoms with E-state index in [9.17, 15) is 14.4 Å². The first-order valence-corrected chi connectivity index (χ1v) is 31.7. The zero-order valence-corrected chi connectivity index (χ0v) is 49.3. The second-order valence-corrected chi connectivity index (χ2v) is 20.9. The molecule has 0 aliphatic heterocycles. The Morgan fingerprint density at radius 1 is 0.280 bits per heavy atom. The van der Waals surface area contributed by atoms with E-state index in [0.717, 1.165) is 122 Å². The summed E-state index contributed by atoms with van der Waals surface area (Å²) in [5, 5.41) is 0. The molecule has 6 nitrogen and oxygen atoms in total. The van der Waals surface area contributed by atoms with Crippen molar-refractivity contribution in [1.82, 2.24) is 0 Å². The van der Waals surface area contributed by atoms with Crippen molar-refractivity contribution in [2.45, 2.75) is 309 Å². The molecule has 430 valence electrons. The van der Waals surface area contributed by atoms with Crippen LogP contribution in [0.2, 0.25) is 0 Å². The Morgan fingerprint density at radius 2 is 0.520 bits per heavy atom. The van der Waals surface area contributed by atoms with Crippen molar-refractivity contribution in [2.24, 2.45) is 0 Å². The smallest absolute Gasteiger partial charge is 0.306 e. The molecule has 0 radical (unpaired) electrons. The Morgan fingerprint density at radius 3 is 0.827 bits per heavy atom. The van der Waals surface area contributed by atoms with Crippen molar-refractivity contribution in [2.75, 3.05) is 13.2 Å². The molecule has 0 aromatic rings. The van der Waals surface area contributed by atoms with Gasteiger partial charge in [-0.2, -0.15) is 0 Å². The first-order chi connectivity index (χ1) is 37.0. The molecule has 0 heterocycles. The molecule has 0 fully saturated rings. The molecule has 0 aliphatic rings. The Kier molecular flexibility index (Phi) is 59.8. The lowest BCUT2D eigenvalue weighted by Crippen LogP contribution is -2.30. The van der Waals surface area contributed by atoms with Gasteiger partial charge in [-0.1, -0.05) is 279 Å². The molecule has 0 spiro atoms. The summed E-state index contributed by atoms with van der Waals surface area (Å²) in [5.74, 6) is -0.886. The van der Waals surface area contributed by atoms with Gasteiger partial charge in [0.05, 0.1) is 0 Å². The molecule has 0 saturated heterocycles. The van der Waals surface area contributed by atoms with Gasteiger partial charge in [0.25, 0.3) is 0 Å². The molecule has 0 rings (SSSR count). The van der Waals surface area contributed by atoms with E-state index in [0.29, 0.717) is 19.3 Å². The van der Waals surface area contributed by atoms with Gasteiger partial charge in [-0.15, -0.1) is 0 Å². The van der Waals surface area contributed by atoms with E-state index in [1.807, 2.05) is 0 Å². The molecular formula is C69H118O6. The van der Waals surface area contributed by atoms with E-state index in [2.05, 4.69) is 118 Å². The summed E-state index contributed by atoms with van der Waals surface area (Å²) in [6, 6.07) is 0. The molecule has 0 aromatic heterocycles. The Hall–Kier alpha value is -3.67. The quantitative estimate of drug-likeness (QED) is 0.0261. The third-order valence-corrected chi connectivity index (χ3v) is 13.6. The fraction of sp³-hybridized carbons (Fsp3) is 0.725. The zero-order valence-electron chi connectivity index (χ0n) is 49.3. The van der Waals surface area contributed by atoms with Gasteiger partial charge in [0.2, 0.25) is 0 Å².